The molecule has 1 fully saturated rings. The van der Waals surface area contributed by atoms with Crippen LogP contribution in [-0.2, 0) is 4.79 Å². The first-order valence-corrected chi connectivity index (χ1v) is 6.90. The number of rotatable bonds is 7. The van der Waals surface area contributed by atoms with Crippen molar-refractivity contribution in [1.29, 1.82) is 0 Å². The molecule has 0 heterocycles. The molecular weight excluding hydrogens is 282 g/mol. The van der Waals surface area contributed by atoms with Gasteiger partial charge in [-0.15, -0.1) is 0 Å². The second-order valence-corrected chi connectivity index (χ2v) is 5.32. The summed E-state index contributed by atoms with van der Waals surface area (Å²) in [7, 11) is 1.54. The second-order valence-electron chi connectivity index (χ2n) is 4.88. The van der Waals surface area contributed by atoms with E-state index in [-0.39, 0.29) is 12.5 Å². The number of ether oxygens (including phenoxy) is 2. The molecule has 2 rings (SSSR count). The van der Waals surface area contributed by atoms with Crippen LogP contribution < -0.4 is 15.2 Å². The molecule has 3 N–H and O–H groups in total. The van der Waals surface area contributed by atoms with E-state index in [0.717, 1.165) is 12.8 Å². The van der Waals surface area contributed by atoms with E-state index in [9.17, 15) is 4.79 Å². The summed E-state index contributed by atoms with van der Waals surface area (Å²) in [4.78, 5) is 10.7. The highest BCUT2D eigenvalue weighted by Crippen LogP contribution is 2.41. The molecule has 1 atom stereocenters. The van der Waals surface area contributed by atoms with Gasteiger partial charge in [-0.25, -0.2) is 0 Å². The maximum Gasteiger partial charge on any atom is 0.303 e. The molecule has 1 unspecified atom stereocenters. The number of carboxylic acids is 1. The minimum atomic E-state index is -0.876. The maximum absolute atomic E-state index is 10.7. The van der Waals surface area contributed by atoms with Gasteiger partial charge >= 0.3 is 5.97 Å². The fourth-order valence-corrected chi connectivity index (χ4v) is 2.15. The number of benzene rings is 1. The number of halogens is 1. The highest BCUT2D eigenvalue weighted by Gasteiger charge is 2.28. The summed E-state index contributed by atoms with van der Waals surface area (Å²) in [6, 6.07) is 2.94. The van der Waals surface area contributed by atoms with Crippen molar-refractivity contribution in [2.24, 2.45) is 5.73 Å². The molecule has 0 bridgehead atoms. The number of aliphatic carboxylic acids is 1. The zero-order valence-electron chi connectivity index (χ0n) is 11.3. The van der Waals surface area contributed by atoms with Gasteiger partial charge in [0.1, 0.15) is 0 Å². The minimum absolute atomic E-state index is 0.00113. The molecule has 0 aliphatic heterocycles. The largest absolute Gasteiger partial charge is 0.493 e. The van der Waals surface area contributed by atoms with E-state index in [1.54, 1.807) is 12.1 Å². The Bertz CT molecular complexity index is 502. The number of nitrogens with two attached hydrogens (primary N) is 1. The Labute approximate surface area is 122 Å². The molecule has 1 aromatic rings. The lowest BCUT2D eigenvalue weighted by molar-refractivity contribution is -0.137. The molecule has 0 radical (unpaired) electrons. The fourth-order valence-electron chi connectivity index (χ4n) is 1.93. The average Bonchev–Trinajstić information content (AvgIpc) is 3.21. The fraction of sp³-hybridized carbons (Fsp3) is 0.500. The molecule has 0 aromatic heterocycles. The summed E-state index contributed by atoms with van der Waals surface area (Å²) in [5, 5.41) is 9.24. The van der Waals surface area contributed by atoms with E-state index in [4.69, 9.17) is 31.9 Å². The Morgan fingerprint density at radius 3 is 2.80 bits per heavy atom. The first kappa shape index (κ1) is 14.9. The number of carbonyl (C=O) groups is 1. The van der Waals surface area contributed by atoms with Gasteiger partial charge in [0.15, 0.2) is 11.5 Å². The molecule has 0 amide bonds. The smallest absolute Gasteiger partial charge is 0.303 e. The number of methoxy groups -OCH3 is 1. The van der Waals surface area contributed by atoms with Crippen molar-refractivity contribution in [3.63, 3.8) is 0 Å². The van der Waals surface area contributed by atoms with Gasteiger partial charge in [0.2, 0.25) is 0 Å². The highest BCUT2D eigenvalue weighted by molar-refractivity contribution is 6.30. The number of hydrogen-bond acceptors (Lipinski definition) is 4. The SMILES string of the molecule is COc1cc(Cl)cc(C(N)CCC(=O)O)c1OC1CC1. The van der Waals surface area contributed by atoms with Gasteiger partial charge in [-0.05, 0) is 25.3 Å². The Balaban J connectivity index is 2.27. The Morgan fingerprint density at radius 1 is 1.55 bits per heavy atom. The van der Waals surface area contributed by atoms with E-state index < -0.39 is 12.0 Å². The molecule has 0 saturated heterocycles. The zero-order valence-corrected chi connectivity index (χ0v) is 12.0. The molecule has 5 nitrogen and oxygen atoms in total. The standard InChI is InChI=1S/C14H18ClNO4/c1-19-12-7-8(15)6-10(11(16)4-5-13(17)18)14(12)20-9-2-3-9/h6-7,9,11H,2-5,16H2,1H3,(H,17,18). The van der Waals surface area contributed by atoms with Crippen LogP contribution in [0.4, 0.5) is 0 Å². The molecule has 20 heavy (non-hydrogen) atoms. The molecule has 1 aliphatic carbocycles. The molecule has 0 spiro atoms. The van der Waals surface area contributed by atoms with Crippen LogP contribution in [0.25, 0.3) is 0 Å². The van der Waals surface area contributed by atoms with Crippen LogP contribution in [0.3, 0.4) is 0 Å². The number of hydrogen-bond donors (Lipinski definition) is 2. The summed E-state index contributed by atoms with van der Waals surface area (Å²) < 4.78 is 11.1. The summed E-state index contributed by atoms with van der Waals surface area (Å²) in [5.41, 5.74) is 6.77. The average molecular weight is 300 g/mol. The van der Waals surface area contributed by atoms with Gasteiger partial charge in [-0.2, -0.15) is 0 Å². The van der Waals surface area contributed by atoms with E-state index in [2.05, 4.69) is 0 Å². The molecule has 1 aromatic carbocycles. The predicted molar refractivity (Wildman–Crippen MR) is 75.5 cm³/mol. The van der Waals surface area contributed by atoms with Crippen molar-refractivity contribution in [1.82, 2.24) is 0 Å². The van der Waals surface area contributed by atoms with Gasteiger partial charge < -0.3 is 20.3 Å². The van der Waals surface area contributed by atoms with Crippen LogP contribution in [0, 0.1) is 0 Å². The van der Waals surface area contributed by atoms with Crippen LogP contribution in [0.2, 0.25) is 5.02 Å². The van der Waals surface area contributed by atoms with Crippen LogP contribution in [0.15, 0.2) is 12.1 Å². The van der Waals surface area contributed by atoms with Crippen LogP contribution in [0.5, 0.6) is 11.5 Å². The summed E-state index contributed by atoms with van der Waals surface area (Å²) in [6.45, 7) is 0. The lowest BCUT2D eigenvalue weighted by Crippen LogP contribution is -2.15. The van der Waals surface area contributed by atoms with Gasteiger partial charge in [-0.3, -0.25) is 4.79 Å². The van der Waals surface area contributed by atoms with Crippen molar-refractivity contribution in [3.8, 4) is 11.5 Å². The first-order chi connectivity index (χ1) is 9.51. The maximum atomic E-state index is 10.7. The molecule has 1 saturated carbocycles. The Kier molecular flexibility index (Phi) is 4.73. The summed E-state index contributed by atoms with van der Waals surface area (Å²) in [5.74, 6) is 0.238. The lowest BCUT2D eigenvalue weighted by Gasteiger charge is -2.19. The Morgan fingerprint density at radius 2 is 2.25 bits per heavy atom. The highest BCUT2D eigenvalue weighted by atomic mass is 35.5. The molecular formula is C14H18ClNO4. The normalized spacial score (nSPS) is 15.8. The van der Waals surface area contributed by atoms with Crippen molar-refractivity contribution >= 4 is 17.6 Å². The van der Waals surface area contributed by atoms with Crippen molar-refractivity contribution in [3.05, 3.63) is 22.7 Å². The van der Waals surface area contributed by atoms with Crippen LogP contribution >= 0.6 is 11.6 Å². The second kappa shape index (κ2) is 6.33. The summed E-state index contributed by atoms with van der Waals surface area (Å²) >= 11 is 6.05. The summed E-state index contributed by atoms with van der Waals surface area (Å²) in [6.07, 6.45) is 2.53. The van der Waals surface area contributed by atoms with Gasteiger partial charge in [-0.1, -0.05) is 11.6 Å². The van der Waals surface area contributed by atoms with Crippen LogP contribution in [-0.4, -0.2) is 24.3 Å². The third-order valence-corrected chi connectivity index (χ3v) is 3.36. The van der Waals surface area contributed by atoms with E-state index in [0.29, 0.717) is 28.5 Å². The monoisotopic (exact) mass is 299 g/mol. The van der Waals surface area contributed by atoms with Crippen molar-refractivity contribution in [2.75, 3.05) is 7.11 Å². The molecule has 110 valence electrons. The van der Waals surface area contributed by atoms with E-state index in [1.807, 2.05) is 0 Å². The third kappa shape index (κ3) is 3.77. The number of carboxylic acid groups (broad SMARTS) is 1. The van der Waals surface area contributed by atoms with E-state index in [1.165, 1.54) is 7.11 Å². The van der Waals surface area contributed by atoms with Crippen molar-refractivity contribution in [2.45, 2.75) is 37.8 Å². The third-order valence-electron chi connectivity index (χ3n) is 3.15. The van der Waals surface area contributed by atoms with Gasteiger partial charge in [0, 0.05) is 29.1 Å². The minimum Gasteiger partial charge on any atom is -0.493 e. The van der Waals surface area contributed by atoms with Gasteiger partial charge in [0.05, 0.1) is 13.2 Å². The quantitative estimate of drug-likeness (QED) is 0.809. The predicted octanol–water partition coefficient (Wildman–Crippen LogP) is 2.75. The first-order valence-electron chi connectivity index (χ1n) is 6.52. The zero-order chi connectivity index (χ0) is 14.7. The molecule has 6 heteroatoms. The Hall–Kier alpha value is -1.46. The van der Waals surface area contributed by atoms with Crippen LogP contribution in [0.1, 0.15) is 37.3 Å². The lowest BCUT2D eigenvalue weighted by atomic mass is 10.0. The van der Waals surface area contributed by atoms with Gasteiger partial charge in [0.25, 0.3) is 0 Å². The topological polar surface area (TPSA) is 81.8 Å². The van der Waals surface area contributed by atoms with Crippen molar-refractivity contribution < 1.29 is 19.4 Å². The molecule has 1 aliphatic rings. The van der Waals surface area contributed by atoms with E-state index >= 15 is 0 Å².